The summed E-state index contributed by atoms with van der Waals surface area (Å²) in [6.45, 7) is 1.72. The van der Waals surface area contributed by atoms with Gasteiger partial charge in [-0.05, 0) is 31.2 Å². The topological polar surface area (TPSA) is 80.1 Å². The van der Waals surface area contributed by atoms with Crippen molar-refractivity contribution in [2.45, 2.75) is 13.1 Å². The molecule has 3 rings (SSSR count). The molecule has 0 atom stereocenters. The molecule has 1 aromatic carbocycles. The van der Waals surface area contributed by atoms with Crippen LogP contribution in [0.3, 0.4) is 0 Å². The Balaban J connectivity index is 1.89. The molecule has 0 radical (unpaired) electrons. The first-order valence-electron chi connectivity index (χ1n) is 7.84. The Morgan fingerprint density at radius 3 is 2.50 bits per heavy atom. The number of aryl methyl sites for hydroxylation is 2. The van der Waals surface area contributed by atoms with Gasteiger partial charge in [-0.2, -0.15) is 18.3 Å². The van der Waals surface area contributed by atoms with Gasteiger partial charge < -0.3 is 5.32 Å². The van der Waals surface area contributed by atoms with Crippen LogP contribution >= 0.6 is 11.6 Å². The van der Waals surface area contributed by atoms with Gasteiger partial charge in [-0.1, -0.05) is 11.6 Å². The molecule has 0 aliphatic carbocycles. The maximum Gasteiger partial charge on any atom is 0.416 e. The lowest BCUT2D eigenvalue weighted by atomic mass is 10.2. The number of carbonyl (C=O) groups excluding carboxylic acids is 2. The molecular formula is C17H13ClF3N5O2. The van der Waals surface area contributed by atoms with Crippen molar-refractivity contribution in [1.29, 1.82) is 0 Å². The predicted molar refractivity (Wildman–Crippen MR) is 97.3 cm³/mol. The maximum absolute atomic E-state index is 12.7. The molecule has 2 heterocycles. The molecule has 146 valence electrons. The fraction of sp³-hybridized carbons (Fsp3) is 0.176. The summed E-state index contributed by atoms with van der Waals surface area (Å²) < 4.78 is 39.5. The first kappa shape index (κ1) is 19.6. The van der Waals surface area contributed by atoms with Crippen LogP contribution in [-0.2, 0) is 18.0 Å². The van der Waals surface area contributed by atoms with Crippen molar-refractivity contribution in [3.8, 4) is 0 Å². The SMILES string of the molecule is Cc1nn(C)c2ncc(NC(=O)N(C=O)c3ccc(C(F)(F)F)cc3)c(Cl)c12. The van der Waals surface area contributed by atoms with Crippen molar-refractivity contribution in [2.75, 3.05) is 10.2 Å². The number of fused-ring (bicyclic) bond motifs is 1. The maximum atomic E-state index is 12.7. The Labute approximate surface area is 161 Å². The third kappa shape index (κ3) is 3.50. The number of pyridine rings is 1. The molecule has 0 saturated carbocycles. The van der Waals surface area contributed by atoms with E-state index in [-0.39, 0.29) is 22.8 Å². The summed E-state index contributed by atoms with van der Waals surface area (Å²) in [6, 6.07) is 2.69. The minimum absolute atomic E-state index is 0.0387. The number of nitrogens with one attached hydrogen (secondary N) is 1. The van der Waals surface area contributed by atoms with Crippen LogP contribution in [0.25, 0.3) is 11.0 Å². The molecule has 0 fully saturated rings. The fourth-order valence-corrected chi connectivity index (χ4v) is 2.98. The standard InChI is InChI=1S/C17H13ClF3N5O2/c1-9-13-14(18)12(7-22-15(13)25(2)24-9)23-16(28)26(8-27)11-5-3-10(4-6-11)17(19,20)21/h3-8H,1-2H3,(H,23,28). The lowest BCUT2D eigenvalue weighted by Crippen LogP contribution is -2.33. The average molecular weight is 412 g/mol. The highest BCUT2D eigenvalue weighted by molar-refractivity contribution is 6.38. The normalized spacial score (nSPS) is 11.5. The number of urea groups is 1. The van der Waals surface area contributed by atoms with Crippen LogP contribution < -0.4 is 10.2 Å². The molecule has 0 saturated heterocycles. The van der Waals surface area contributed by atoms with Crippen molar-refractivity contribution < 1.29 is 22.8 Å². The molecule has 1 N–H and O–H groups in total. The number of aromatic nitrogens is 3. The monoisotopic (exact) mass is 411 g/mol. The van der Waals surface area contributed by atoms with E-state index < -0.39 is 17.8 Å². The zero-order chi connectivity index (χ0) is 20.6. The van der Waals surface area contributed by atoms with E-state index in [4.69, 9.17) is 11.6 Å². The molecule has 0 aliphatic heterocycles. The van der Waals surface area contributed by atoms with E-state index in [1.54, 1.807) is 14.0 Å². The van der Waals surface area contributed by atoms with Gasteiger partial charge in [-0.25, -0.2) is 14.7 Å². The molecule has 7 nitrogen and oxygen atoms in total. The highest BCUT2D eigenvalue weighted by Crippen LogP contribution is 2.32. The third-order valence-electron chi connectivity index (χ3n) is 4.00. The molecule has 3 aromatic rings. The summed E-state index contributed by atoms with van der Waals surface area (Å²) in [4.78, 5) is 28.6. The predicted octanol–water partition coefficient (Wildman–Crippen LogP) is 4.14. The molecule has 3 amide bonds. The molecule has 0 bridgehead atoms. The van der Waals surface area contributed by atoms with Crippen LogP contribution in [0.2, 0.25) is 5.02 Å². The Hall–Kier alpha value is -3.14. The highest BCUT2D eigenvalue weighted by Gasteiger charge is 2.30. The fourth-order valence-electron chi connectivity index (χ4n) is 2.67. The van der Waals surface area contributed by atoms with Gasteiger partial charge in [0, 0.05) is 7.05 Å². The Morgan fingerprint density at radius 2 is 1.93 bits per heavy atom. The minimum atomic E-state index is -4.52. The van der Waals surface area contributed by atoms with Gasteiger partial charge in [-0.15, -0.1) is 0 Å². The second-order valence-corrected chi connectivity index (χ2v) is 6.22. The van der Waals surface area contributed by atoms with Gasteiger partial charge in [-0.3, -0.25) is 9.48 Å². The number of anilines is 2. The Morgan fingerprint density at radius 1 is 1.29 bits per heavy atom. The molecule has 0 spiro atoms. The number of benzene rings is 1. The summed E-state index contributed by atoms with van der Waals surface area (Å²) in [6.07, 6.45) is -3.03. The number of halogens is 4. The summed E-state index contributed by atoms with van der Waals surface area (Å²) in [5.41, 5.74) is 0.307. The van der Waals surface area contributed by atoms with E-state index in [9.17, 15) is 22.8 Å². The third-order valence-corrected chi connectivity index (χ3v) is 4.40. The first-order valence-corrected chi connectivity index (χ1v) is 8.22. The summed E-state index contributed by atoms with van der Waals surface area (Å²) in [5.74, 6) is 0. The molecule has 0 unspecified atom stereocenters. The van der Waals surface area contributed by atoms with Crippen LogP contribution in [0, 0.1) is 6.92 Å². The second kappa shape index (κ2) is 7.12. The summed E-state index contributed by atoms with van der Waals surface area (Å²) >= 11 is 6.33. The lowest BCUT2D eigenvalue weighted by molar-refractivity contribution is -0.137. The highest BCUT2D eigenvalue weighted by atomic mass is 35.5. The van der Waals surface area contributed by atoms with Crippen molar-refractivity contribution in [1.82, 2.24) is 14.8 Å². The van der Waals surface area contributed by atoms with Crippen molar-refractivity contribution in [3.05, 3.63) is 46.7 Å². The minimum Gasteiger partial charge on any atom is -0.304 e. The molecule has 11 heteroatoms. The largest absolute Gasteiger partial charge is 0.416 e. The zero-order valence-electron chi connectivity index (χ0n) is 14.6. The molecule has 28 heavy (non-hydrogen) atoms. The Bertz CT molecular complexity index is 1060. The first-order chi connectivity index (χ1) is 13.1. The van der Waals surface area contributed by atoms with Gasteiger partial charge >= 0.3 is 12.2 Å². The number of imide groups is 1. The summed E-state index contributed by atoms with van der Waals surface area (Å²) in [5, 5.41) is 7.35. The molecule has 2 aromatic heterocycles. The quantitative estimate of drug-likeness (QED) is 0.657. The Kier molecular flexibility index (Phi) is 4.99. The number of rotatable bonds is 3. The van der Waals surface area contributed by atoms with Crippen LogP contribution in [-0.4, -0.2) is 27.2 Å². The number of carbonyl (C=O) groups is 2. The van der Waals surface area contributed by atoms with Gasteiger partial charge in [0.25, 0.3) is 0 Å². The van der Waals surface area contributed by atoms with E-state index in [2.05, 4.69) is 15.4 Å². The van der Waals surface area contributed by atoms with Crippen LogP contribution in [0.15, 0.2) is 30.5 Å². The lowest BCUT2D eigenvalue weighted by Gasteiger charge is -2.17. The zero-order valence-corrected chi connectivity index (χ0v) is 15.3. The number of alkyl halides is 3. The van der Waals surface area contributed by atoms with Gasteiger partial charge in [0.2, 0.25) is 6.41 Å². The second-order valence-electron chi connectivity index (χ2n) is 5.84. The average Bonchev–Trinajstić information content (AvgIpc) is 2.92. The number of hydrogen-bond acceptors (Lipinski definition) is 4. The summed E-state index contributed by atoms with van der Waals surface area (Å²) in [7, 11) is 1.69. The van der Waals surface area contributed by atoms with Gasteiger partial charge in [0.05, 0.1) is 39.2 Å². The van der Waals surface area contributed by atoms with Crippen LogP contribution in [0.5, 0.6) is 0 Å². The van der Waals surface area contributed by atoms with Crippen molar-refractivity contribution >= 4 is 46.5 Å². The van der Waals surface area contributed by atoms with Gasteiger partial charge in [0.1, 0.15) is 0 Å². The molecular weight excluding hydrogens is 399 g/mol. The van der Waals surface area contributed by atoms with Gasteiger partial charge in [0.15, 0.2) is 5.65 Å². The van der Waals surface area contributed by atoms with E-state index in [0.717, 1.165) is 24.3 Å². The number of hydrogen-bond donors (Lipinski definition) is 1. The van der Waals surface area contributed by atoms with Crippen molar-refractivity contribution in [2.24, 2.45) is 7.05 Å². The number of nitrogens with zero attached hydrogens (tertiary/aromatic N) is 4. The van der Waals surface area contributed by atoms with E-state index in [0.29, 0.717) is 21.6 Å². The smallest absolute Gasteiger partial charge is 0.304 e. The number of amides is 3. The van der Waals surface area contributed by atoms with Crippen molar-refractivity contribution in [3.63, 3.8) is 0 Å². The molecule has 0 aliphatic rings. The van der Waals surface area contributed by atoms with Crippen LogP contribution in [0.4, 0.5) is 29.3 Å². The van der Waals surface area contributed by atoms with E-state index >= 15 is 0 Å². The van der Waals surface area contributed by atoms with Crippen LogP contribution in [0.1, 0.15) is 11.3 Å². The van der Waals surface area contributed by atoms with E-state index in [1.807, 2.05) is 0 Å². The van der Waals surface area contributed by atoms with E-state index in [1.165, 1.54) is 10.9 Å².